The highest BCUT2D eigenvalue weighted by molar-refractivity contribution is 4.82. The summed E-state index contributed by atoms with van der Waals surface area (Å²) in [5.41, 5.74) is 0. The van der Waals surface area contributed by atoms with Crippen molar-refractivity contribution in [2.75, 3.05) is 26.2 Å². The van der Waals surface area contributed by atoms with Crippen LogP contribution in [-0.4, -0.2) is 48.3 Å². The zero-order valence-corrected chi connectivity index (χ0v) is 10.2. The van der Waals surface area contributed by atoms with Gasteiger partial charge < -0.3 is 15.3 Å². The molecule has 2 atom stereocenters. The van der Waals surface area contributed by atoms with Gasteiger partial charge in [0.15, 0.2) is 0 Å². The molecule has 0 aromatic heterocycles. The predicted octanol–water partition coefficient (Wildman–Crippen LogP) is 1.22. The van der Waals surface area contributed by atoms with E-state index in [-0.39, 0.29) is 6.10 Å². The Labute approximate surface area is 93.9 Å². The Balaban J connectivity index is 2.01. The van der Waals surface area contributed by atoms with Gasteiger partial charge in [0.25, 0.3) is 0 Å². The van der Waals surface area contributed by atoms with Crippen molar-refractivity contribution >= 4 is 0 Å². The van der Waals surface area contributed by atoms with Crippen molar-refractivity contribution in [2.45, 2.75) is 51.7 Å². The van der Waals surface area contributed by atoms with Crippen LogP contribution >= 0.6 is 0 Å². The lowest BCUT2D eigenvalue weighted by molar-refractivity contribution is 0.148. The molecule has 0 aromatic rings. The summed E-state index contributed by atoms with van der Waals surface area (Å²) in [6.45, 7) is 8.90. The van der Waals surface area contributed by atoms with E-state index in [9.17, 15) is 5.11 Å². The molecule has 0 heterocycles. The third-order valence-electron chi connectivity index (χ3n) is 3.43. The van der Waals surface area contributed by atoms with E-state index < -0.39 is 0 Å². The van der Waals surface area contributed by atoms with Crippen molar-refractivity contribution in [3.05, 3.63) is 0 Å². The molecule has 1 fully saturated rings. The van der Waals surface area contributed by atoms with Gasteiger partial charge in [-0.2, -0.15) is 0 Å². The van der Waals surface area contributed by atoms with Gasteiger partial charge in [-0.15, -0.1) is 0 Å². The van der Waals surface area contributed by atoms with E-state index >= 15 is 0 Å². The van der Waals surface area contributed by atoms with Gasteiger partial charge in [0.05, 0.1) is 6.10 Å². The summed E-state index contributed by atoms with van der Waals surface area (Å²) in [5, 5.41) is 13.1. The maximum Gasteiger partial charge on any atom is 0.0693 e. The fraction of sp³-hybridized carbons (Fsp3) is 1.00. The Morgan fingerprint density at radius 2 is 2.00 bits per heavy atom. The Morgan fingerprint density at radius 1 is 1.27 bits per heavy atom. The van der Waals surface area contributed by atoms with E-state index in [1.54, 1.807) is 0 Å². The van der Waals surface area contributed by atoms with Crippen LogP contribution in [0.15, 0.2) is 0 Å². The fourth-order valence-electron chi connectivity index (χ4n) is 2.31. The highest BCUT2D eigenvalue weighted by Gasteiger charge is 2.23. The molecular weight excluding hydrogens is 188 g/mol. The molecule has 2 N–H and O–H groups in total. The molecule has 1 aliphatic rings. The molecule has 15 heavy (non-hydrogen) atoms. The summed E-state index contributed by atoms with van der Waals surface area (Å²) in [7, 11) is 0. The molecule has 0 saturated heterocycles. The summed E-state index contributed by atoms with van der Waals surface area (Å²) < 4.78 is 0. The lowest BCUT2D eigenvalue weighted by Gasteiger charge is -2.20. The Bertz CT molecular complexity index is 160. The van der Waals surface area contributed by atoms with Crippen LogP contribution in [0.5, 0.6) is 0 Å². The Hall–Kier alpha value is -0.120. The number of nitrogens with one attached hydrogen (secondary N) is 1. The largest absolute Gasteiger partial charge is 0.392 e. The van der Waals surface area contributed by atoms with E-state index in [4.69, 9.17) is 0 Å². The molecule has 0 bridgehead atoms. The van der Waals surface area contributed by atoms with Gasteiger partial charge in [-0.1, -0.05) is 13.8 Å². The fourth-order valence-corrected chi connectivity index (χ4v) is 2.31. The summed E-state index contributed by atoms with van der Waals surface area (Å²) in [6.07, 6.45) is 4.39. The number of aliphatic hydroxyl groups is 1. The van der Waals surface area contributed by atoms with Crippen LogP contribution in [0.2, 0.25) is 0 Å². The van der Waals surface area contributed by atoms with E-state index in [1.807, 2.05) is 0 Å². The lowest BCUT2D eigenvalue weighted by Crippen LogP contribution is -2.37. The molecule has 3 heteroatoms. The molecule has 0 amide bonds. The van der Waals surface area contributed by atoms with Gasteiger partial charge in [-0.25, -0.2) is 0 Å². The summed E-state index contributed by atoms with van der Waals surface area (Å²) >= 11 is 0. The first-order valence-corrected chi connectivity index (χ1v) is 6.41. The molecule has 0 aliphatic heterocycles. The van der Waals surface area contributed by atoms with Gasteiger partial charge in [-0.05, 0) is 51.9 Å². The van der Waals surface area contributed by atoms with Crippen molar-refractivity contribution in [3.63, 3.8) is 0 Å². The molecule has 0 radical (unpaired) electrons. The van der Waals surface area contributed by atoms with E-state index in [2.05, 4.69) is 24.1 Å². The van der Waals surface area contributed by atoms with Crippen LogP contribution in [0.4, 0.5) is 0 Å². The average molecular weight is 214 g/mol. The topological polar surface area (TPSA) is 35.5 Å². The van der Waals surface area contributed by atoms with Gasteiger partial charge in [-0.3, -0.25) is 0 Å². The molecule has 2 unspecified atom stereocenters. The number of hydrogen-bond acceptors (Lipinski definition) is 3. The van der Waals surface area contributed by atoms with Crippen LogP contribution in [0.3, 0.4) is 0 Å². The van der Waals surface area contributed by atoms with Crippen LogP contribution in [0.1, 0.15) is 39.5 Å². The maximum atomic E-state index is 9.62. The van der Waals surface area contributed by atoms with Gasteiger partial charge in [0, 0.05) is 6.04 Å². The molecule has 0 aromatic carbocycles. The average Bonchev–Trinajstić information content (AvgIpc) is 2.65. The summed E-state index contributed by atoms with van der Waals surface area (Å²) in [4.78, 5) is 2.44. The first kappa shape index (κ1) is 12.9. The minimum atomic E-state index is -0.0987. The minimum absolute atomic E-state index is 0.0987. The van der Waals surface area contributed by atoms with E-state index in [0.717, 1.165) is 32.5 Å². The normalized spacial score (nSPS) is 26.4. The monoisotopic (exact) mass is 214 g/mol. The van der Waals surface area contributed by atoms with E-state index in [1.165, 1.54) is 19.4 Å². The third kappa shape index (κ3) is 4.49. The molecule has 1 aliphatic carbocycles. The van der Waals surface area contributed by atoms with Gasteiger partial charge in [0.2, 0.25) is 0 Å². The van der Waals surface area contributed by atoms with Crippen molar-refractivity contribution in [1.82, 2.24) is 10.2 Å². The number of aliphatic hydroxyl groups excluding tert-OH is 1. The smallest absolute Gasteiger partial charge is 0.0693 e. The standard InChI is InChI=1S/C12H26N2O/c1-3-14(4-2)10-6-9-13-11-7-5-8-12(11)15/h11-13,15H,3-10H2,1-2H3. The second-order valence-electron chi connectivity index (χ2n) is 4.44. The molecular formula is C12H26N2O. The molecule has 3 nitrogen and oxygen atoms in total. The Kier molecular flexibility index (Phi) is 6.22. The second-order valence-corrected chi connectivity index (χ2v) is 4.44. The summed E-state index contributed by atoms with van der Waals surface area (Å²) in [5.74, 6) is 0. The lowest BCUT2D eigenvalue weighted by atomic mass is 10.2. The first-order chi connectivity index (χ1) is 7.27. The maximum absolute atomic E-state index is 9.62. The Morgan fingerprint density at radius 3 is 2.53 bits per heavy atom. The van der Waals surface area contributed by atoms with Crippen LogP contribution in [0, 0.1) is 0 Å². The van der Waals surface area contributed by atoms with Crippen LogP contribution in [0.25, 0.3) is 0 Å². The highest BCUT2D eigenvalue weighted by Crippen LogP contribution is 2.18. The highest BCUT2D eigenvalue weighted by atomic mass is 16.3. The van der Waals surface area contributed by atoms with Crippen molar-refractivity contribution in [3.8, 4) is 0 Å². The third-order valence-corrected chi connectivity index (χ3v) is 3.43. The number of hydrogen-bond donors (Lipinski definition) is 2. The quantitative estimate of drug-likeness (QED) is 0.626. The minimum Gasteiger partial charge on any atom is -0.392 e. The molecule has 1 saturated carbocycles. The van der Waals surface area contributed by atoms with Crippen LogP contribution < -0.4 is 5.32 Å². The van der Waals surface area contributed by atoms with Gasteiger partial charge >= 0.3 is 0 Å². The zero-order valence-electron chi connectivity index (χ0n) is 10.2. The zero-order chi connectivity index (χ0) is 11.1. The van der Waals surface area contributed by atoms with E-state index in [0.29, 0.717) is 6.04 Å². The molecule has 0 spiro atoms. The van der Waals surface area contributed by atoms with Gasteiger partial charge in [0.1, 0.15) is 0 Å². The SMILES string of the molecule is CCN(CC)CCCNC1CCCC1O. The van der Waals surface area contributed by atoms with Crippen molar-refractivity contribution < 1.29 is 5.11 Å². The van der Waals surface area contributed by atoms with Crippen molar-refractivity contribution in [1.29, 1.82) is 0 Å². The predicted molar refractivity (Wildman–Crippen MR) is 64.1 cm³/mol. The number of nitrogens with zero attached hydrogens (tertiary/aromatic N) is 1. The van der Waals surface area contributed by atoms with Crippen molar-refractivity contribution in [2.24, 2.45) is 0 Å². The molecule has 90 valence electrons. The summed E-state index contributed by atoms with van der Waals surface area (Å²) in [6, 6.07) is 0.363. The second kappa shape index (κ2) is 7.20. The number of rotatable bonds is 7. The molecule has 1 rings (SSSR count). The first-order valence-electron chi connectivity index (χ1n) is 6.41. The van der Waals surface area contributed by atoms with Crippen LogP contribution in [-0.2, 0) is 0 Å².